The molecule has 2 aromatic heterocycles. The molecule has 0 bridgehead atoms. The molecule has 0 atom stereocenters. The second kappa shape index (κ2) is 10.2. The van der Waals surface area contributed by atoms with Gasteiger partial charge in [0.15, 0.2) is 11.5 Å². The minimum Gasteiger partial charge on any atom is -0.497 e. The Morgan fingerprint density at radius 2 is 1.91 bits per heavy atom. The predicted octanol–water partition coefficient (Wildman–Crippen LogP) is 3.76. The van der Waals surface area contributed by atoms with E-state index in [2.05, 4.69) is 30.6 Å². The van der Waals surface area contributed by atoms with Crippen LogP contribution in [0.25, 0.3) is 11.2 Å². The summed E-state index contributed by atoms with van der Waals surface area (Å²) in [5.41, 5.74) is 1.78. The summed E-state index contributed by atoms with van der Waals surface area (Å²) in [5.74, 6) is 0.177. The average Bonchev–Trinajstić information content (AvgIpc) is 3.32. The van der Waals surface area contributed by atoms with E-state index in [1.54, 1.807) is 32.4 Å². The van der Waals surface area contributed by atoms with Crippen molar-refractivity contribution < 1.29 is 27.4 Å². The van der Waals surface area contributed by atoms with Gasteiger partial charge in [0, 0.05) is 18.7 Å². The molecule has 1 amide bonds. The van der Waals surface area contributed by atoms with Gasteiger partial charge in [0.05, 0.1) is 26.2 Å². The zero-order valence-corrected chi connectivity index (χ0v) is 19.2. The molecule has 10 nitrogen and oxygen atoms in total. The minimum atomic E-state index is -4.86. The zero-order valence-electron chi connectivity index (χ0n) is 19.2. The van der Waals surface area contributed by atoms with Crippen molar-refractivity contribution in [3.05, 3.63) is 24.5 Å². The summed E-state index contributed by atoms with van der Waals surface area (Å²) in [4.78, 5) is 27.4. The summed E-state index contributed by atoms with van der Waals surface area (Å²) in [6, 6.07) is 5.38. The first-order valence-electron chi connectivity index (χ1n) is 11.1. The van der Waals surface area contributed by atoms with Crippen LogP contribution >= 0.6 is 0 Å². The van der Waals surface area contributed by atoms with Gasteiger partial charge in [0.25, 0.3) is 0 Å². The highest BCUT2D eigenvalue weighted by atomic mass is 19.4. The molecule has 0 radical (unpaired) electrons. The van der Waals surface area contributed by atoms with Crippen LogP contribution in [0.3, 0.4) is 0 Å². The number of anilines is 3. The molecule has 3 aromatic rings. The number of benzene rings is 1. The molecule has 0 aliphatic heterocycles. The Hall–Kier alpha value is -3.77. The van der Waals surface area contributed by atoms with E-state index in [1.165, 1.54) is 6.33 Å². The van der Waals surface area contributed by atoms with Crippen LogP contribution in [0.1, 0.15) is 25.7 Å². The van der Waals surface area contributed by atoms with Crippen molar-refractivity contribution in [1.29, 1.82) is 0 Å². The maximum Gasteiger partial charge on any atom is 0.471 e. The fraction of sp³-hybridized carbons (Fsp3) is 0.455. The molecule has 35 heavy (non-hydrogen) atoms. The van der Waals surface area contributed by atoms with Crippen molar-refractivity contribution in [3.63, 3.8) is 0 Å². The van der Waals surface area contributed by atoms with Gasteiger partial charge < -0.3 is 30.4 Å². The summed E-state index contributed by atoms with van der Waals surface area (Å²) >= 11 is 0. The van der Waals surface area contributed by atoms with Gasteiger partial charge in [-0.1, -0.05) is 0 Å². The van der Waals surface area contributed by atoms with E-state index in [9.17, 15) is 18.0 Å². The zero-order chi connectivity index (χ0) is 25.0. The average molecular weight is 493 g/mol. The fourth-order valence-electron chi connectivity index (χ4n) is 4.06. The van der Waals surface area contributed by atoms with Gasteiger partial charge >= 0.3 is 12.1 Å². The van der Waals surface area contributed by atoms with Crippen molar-refractivity contribution in [3.8, 4) is 11.5 Å². The highest BCUT2D eigenvalue weighted by Gasteiger charge is 2.38. The highest BCUT2D eigenvalue weighted by Crippen LogP contribution is 2.32. The van der Waals surface area contributed by atoms with Gasteiger partial charge in [0.2, 0.25) is 5.95 Å². The van der Waals surface area contributed by atoms with Crippen LogP contribution in [-0.4, -0.2) is 58.8 Å². The number of nitrogens with zero attached hydrogens (tertiary/aromatic N) is 3. The molecule has 13 heteroatoms. The van der Waals surface area contributed by atoms with E-state index in [-0.39, 0.29) is 18.5 Å². The molecule has 0 saturated heterocycles. The summed E-state index contributed by atoms with van der Waals surface area (Å²) in [7, 11) is 3.12. The number of H-pyrrole nitrogens is 1. The number of rotatable bonds is 8. The van der Waals surface area contributed by atoms with Gasteiger partial charge in [0.1, 0.15) is 17.0 Å². The van der Waals surface area contributed by atoms with Crippen LogP contribution in [-0.2, 0) is 4.79 Å². The van der Waals surface area contributed by atoms with Crippen LogP contribution in [0.5, 0.6) is 11.5 Å². The third-order valence-corrected chi connectivity index (χ3v) is 5.93. The van der Waals surface area contributed by atoms with Gasteiger partial charge in [-0.15, -0.1) is 0 Å². The number of aromatic nitrogens is 4. The molecule has 4 N–H and O–H groups in total. The van der Waals surface area contributed by atoms with Gasteiger partial charge in [-0.3, -0.25) is 4.79 Å². The number of amides is 1. The van der Waals surface area contributed by atoms with Gasteiger partial charge in [-0.2, -0.15) is 23.1 Å². The van der Waals surface area contributed by atoms with Crippen LogP contribution in [0.2, 0.25) is 0 Å². The minimum absolute atomic E-state index is 0.00471. The maximum absolute atomic E-state index is 12.4. The summed E-state index contributed by atoms with van der Waals surface area (Å²) < 4.78 is 47.8. The van der Waals surface area contributed by atoms with E-state index in [0.29, 0.717) is 53.0 Å². The number of fused-ring (bicyclic) bond motifs is 1. The molecule has 188 valence electrons. The normalized spacial score (nSPS) is 18.2. The fourth-order valence-corrected chi connectivity index (χ4v) is 4.06. The Morgan fingerprint density at radius 1 is 1.14 bits per heavy atom. The summed E-state index contributed by atoms with van der Waals surface area (Å²) in [5, 5.41) is 8.54. The van der Waals surface area contributed by atoms with Crippen molar-refractivity contribution in [2.45, 2.75) is 37.9 Å². The molecule has 2 heterocycles. The quantitative estimate of drug-likeness (QED) is 0.374. The molecule has 0 unspecified atom stereocenters. The van der Waals surface area contributed by atoms with Crippen molar-refractivity contribution >= 4 is 34.5 Å². The number of methoxy groups -OCH3 is 2. The molecule has 1 saturated carbocycles. The van der Waals surface area contributed by atoms with Crippen molar-refractivity contribution in [1.82, 2.24) is 25.3 Å². The molecule has 1 aromatic carbocycles. The predicted molar refractivity (Wildman–Crippen MR) is 123 cm³/mol. The largest absolute Gasteiger partial charge is 0.497 e. The summed E-state index contributed by atoms with van der Waals surface area (Å²) in [6.07, 6.45) is -0.530. The Balaban J connectivity index is 1.42. The Kier molecular flexibility index (Phi) is 7.12. The standard InChI is InChI=1S/C22H26F3N7O3/c1-34-14-7-8-15(16(9-14)35-2)30-21-31-18-17(27-11-28-18)19(32-21)29-13-5-3-12(4-6-13)10-26-20(33)22(23,24)25/h7-9,11-13H,3-6,10H2,1-2H3,(H,26,33)(H3,27,28,29,30,31,32). The highest BCUT2D eigenvalue weighted by molar-refractivity contribution is 5.84. The Labute approximate surface area is 199 Å². The van der Waals surface area contributed by atoms with E-state index in [4.69, 9.17) is 9.47 Å². The number of hydrogen-bond acceptors (Lipinski definition) is 8. The monoisotopic (exact) mass is 493 g/mol. The smallest absolute Gasteiger partial charge is 0.471 e. The lowest BCUT2D eigenvalue weighted by molar-refractivity contribution is -0.173. The first kappa shape index (κ1) is 24.4. The number of halogens is 3. The number of aromatic amines is 1. The van der Waals surface area contributed by atoms with E-state index in [1.807, 2.05) is 5.32 Å². The molecule has 4 rings (SSSR count). The molecular weight excluding hydrogens is 467 g/mol. The lowest BCUT2D eigenvalue weighted by atomic mass is 9.86. The lowest BCUT2D eigenvalue weighted by Crippen LogP contribution is -2.40. The molecule has 1 aliphatic carbocycles. The number of nitrogens with one attached hydrogen (secondary N) is 4. The second-order valence-corrected chi connectivity index (χ2v) is 8.26. The Morgan fingerprint density at radius 3 is 2.60 bits per heavy atom. The molecule has 1 fully saturated rings. The summed E-state index contributed by atoms with van der Waals surface area (Å²) in [6.45, 7) is 0.0138. The van der Waals surface area contributed by atoms with Gasteiger partial charge in [-0.05, 0) is 43.7 Å². The van der Waals surface area contributed by atoms with Crippen LogP contribution < -0.4 is 25.4 Å². The lowest BCUT2D eigenvalue weighted by Gasteiger charge is -2.29. The number of ether oxygens (including phenoxy) is 2. The topological polar surface area (TPSA) is 126 Å². The van der Waals surface area contributed by atoms with E-state index < -0.39 is 12.1 Å². The van der Waals surface area contributed by atoms with E-state index in [0.717, 1.165) is 12.8 Å². The number of carbonyl (C=O) groups excluding carboxylic acids is 1. The van der Waals surface area contributed by atoms with E-state index >= 15 is 0 Å². The maximum atomic E-state index is 12.4. The van der Waals surface area contributed by atoms with Crippen molar-refractivity contribution in [2.24, 2.45) is 5.92 Å². The molecular formula is C22H26F3N7O3. The Bertz CT molecular complexity index is 1180. The first-order chi connectivity index (χ1) is 16.8. The number of imidazole rings is 1. The van der Waals surface area contributed by atoms with Crippen LogP contribution in [0, 0.1) is 5.92 Å². The molecule has 1 aliphatic rings. The number of alkyl halides is 3. The third kappa shape index (κ3) is 5.84. The SMILES string of the molecule is COc1ccc(Nc2nc(NC3CCC(CNC(=O)C(F)(F)F)CC3)c3nc[nH]c3n2)c(OC)c1. The number of hydrogen-bond donors (Lipinski definition) is 4. The third-order valence-electron chi connectivity index (χ3n) is 5.93. The first-order valence-corrected chi connectivity index (χ1v) is 11.1. The van der Waals surface area contributed by atoms with Crippen LogP contribution in [0.4, 0.5) is 30.6 Å². The second-order valence-electron chi connectivity index (χ2n) is 8.26. The number of carbonyl (C=O) groups is 1. The van der Waals surface area contributed by atoms with Gasteiger partial charge in [-0.25, -0.2) is 4.98 Å². The van der Waals surface area contributed by atoms with Crippen LogP contribution in [0.15, 0.2) is 24.5 Å². The van der Waals surface area contributed by atoms with Crippen molar-refractivity contribution in [2.75, 3.05) is 31.4 Å². The molecule has 0 spiro atoms.